The molecule has 1 aliphatic rings. The molecule has 0 unspecified atom stereocenters. The molecule has 148 valence electrons. The number of thiocarbonyl (C=S) groups is 1. The van der Waals surface area contributed by atoms with E-state index in [9.17, 15) is 0 Å². The molecule has 1 saturated heterocycles. The topological polar surface area (TPSA) is 50.1 Å². The summed E-state index contributed by atoms with van der Waals surface area (Å²) in [5, 5.41) is 8.14. The summed E-state index contributed by atoms with van der Waals surface area (Å²) < 4.78 is 5.56. The fourth-order valence-electron chi connectivity index (χ4n) is 3.48. The lowest BCUT2D eigenvalue weighted by Gasteiger charge is -2.16. The van der Waals surface area contributed by atoms with E-state index in [1.54, 1.807) is 12.0 Å². The van der Waals surface area contributed by atoms with E-state index in [-0.39, 0.29) is 0 Å². The van der Waals surface area contributed by atoms with E-state index >= 15 is 0 Å². The van der Waals surface area contributed by atoms with Gasteiger partial charge in [-0.1, -0.05) is 30.3 Å². The molecular formula is C22H29N4OS+. The summed E-state index contributed by atoms with van der Waals surface area (Å²) in [4.78, 5) is 1.62. The number of hydrogen-bond acceptors (Lipinski definition) is 3. The number of nitrogens with one attached hydrogen (secondary N) is 3. The SMILES string of the molecule is COc1ccc(/C(C)=N\NC(=S)NCc2ccccc2)cc1C[NH+]1CCCC1. The van der Waals surface area contributed by atoms with Gasteiger partial charge in [0.05, 0.1) is 25.9 Å². The lowest BCUT2D eigenvalue weighted by atomic mass is 10.1. The minimum absolute atomic E-state index is 0.512. The van der Waals surface area contributed by atoms with E-state index in [0.717, 1.165) is 23.6 Å². The van der Waals surface area contributed by atoms with Crippen LogP contribution in [0.1, 0.15) is 36.5 Å². The van der Waals surface area contributed by atoms with Crippen LogP contribution in [0.5, 0.6) is 5.75 Å². The highest BCUT2D eigenvalue weighted by Crippen LogP contribution is 2.20. The van der Waals surface area contributed by atoms with Crippen molar-refractivity contribution in [2.75, 3.05) is 20.2 Å². The lowest BCUT2D eigenvalue weighted by molar-refractivity contribution is -0.901. The molecule has 0 amide bonds. The molecular weight excluding hydrogens is 368 g/mol. The number of benzene rings is 2. The first-order chi connectivity index (χ1) is 13.7. The van der Waals surface area contributed by atoms with E-state index in [0.29, 0.717) is 11.7 Å². The minimum Gasteiger partial charge on any atom is -0.496 e. The molecule has 1 fully saturated rings. The second-order valence-corrected chi connectivity index (χ2v) is 7.55. The summed E-state index contributed by atoms with van der Waals surface area (Å²) in [5.41, 5.74) is 7.32. The van der Waals surface area contributed by atoms with Gasteiger partial charge in [-0.2, -0.15) is 5.10 Å². The van der Waals surface area contributed by atoms with Crippen molar-refractivity contribution in [1.82, 2.24) is 10.7 Å². The van der Waals surface area contributed by atoms with Gasteiger partial charge in [0.1, 0.15) is 12.3 Å². The number of hydrogen-bond donors (Lipinski definition) is 3. The van der Waals surface area contributed by atoms with E-state index < -0.39 is 0 Å². The molecule has 0 saturated carbocycles. The van der Waals surface area contributed by atoms with Gasteiger partial charge in [0.2, 0.25) is 0 Å². The highest BCUT2D eigenvalue weighted by Gasteiger charge is 2.18. The third-order valence-electron chi connectivity index (χ3n) is 5.07. The summed E-state index contributed by atoms with van der Waals surface area (Å²) in [6.45, 7) is 6.13. The number of quaternary nitrogens is 1. The Balaban J connectivity index is 1.60. The second-order valence-electron chi connectivity index (χ2n) is 7.14. The Hall–Kier alpha value is -2.44. The van der Waals surface area contributed by atoms with Crippen molar-refractivity contribution in [1.29, 1.82) is 0 Å². The molecule has 5 nitrogen and oxygen atoms in total. The fraction of sp³-hybridized carbons (Fsp3) is 0.364. The Morgan fingerprint density at radius 1 is 1.14 bits per heavy atom. The van der Waals surface area contributed by atoms with Crippen molar-refractivity contribution in [3.8, 4) is 5.75 Å². The van der Waals surface area contributed by atoms with Crippen LogP contribution in [0.2, 0.25) is 0 Å². The van der Waals surface area contributed by atoms with E-state index in [2.05, 4.69) is 34.0 Å². The van der Waals surface area contributed by atoms with E-state index in [1.165, 1.54) is 37.1 Å². The average molecular weight is 398 g/mol. The molecule has 0 aliphatic carbocycles. The van der Waals surface area contributed by atoms with Crippen LogP contribution < -0.4 is 20.4 Å². The van der Waals surface area contributed by atoms with Crippen LogP contribution in [0.25, 0.3) is 0 Å². The van der Waals surface area contributed by atoms with Crippen molar-refractivity contribution in [3.05, 3.63) is 65.2 Å². The predicted octanol–water partition coefficient (Wildman–Crippen LogP) is 2.26. The van der Waals surface area contributed by atoms with Crippen LogP contribution in [0, 0.1) is 0 Å². The quantitative estimate of drug-likeness (QED) is 0.381. The molecule has 1 aliphatic heterocycles. The van der Waals surface area contributed by atoms with Gasteiger partial charge in [0.25, 0.3) is 0 Å². The van der Waals surface area contributed by atoms with Crippen molar-refractivity contribution >= 4 is 23.0 Å². The number of methoxy groups -OCH3 is 1. The third kappa shape index (κ3) is 5.78. The maximum absolute atomic E-state index is 5.56. The van der Waals surface area contributed by atoms with Crippen LogP contribution in [-0.2, 0) is 13.1 Å². The zero-order valence-corrected chi connectivity index (χ0v) is 17.4. The van der Waals surface area contributed by atoms with Gasteiger partial charge in [-0.25, -0.2) is 0 Å². The summed E-state index contributed by atoms with van der Waals surface area (Å²) in [6.07, 6.45) is 2.63. The molecule has 0 atom stereocenters. The van der Waals surface area contributed by atoms with Crippen molar-refractivity contribution < 1.29 is 9.64 Å². The third-order valence-corrected chi connectivity index (χ3v) is 5.31. The molecule has 3 N–H and O–H groups in total. The summed E-state index contributed by atoms with van der Waals surface area (Å²) in [7, 11) is 1.73. The number of nitrogens with zero attached hydrogens (tertiary/aromatic N) is 1. The van der Waals surface area contributed by atoms with Crippen LogP contribution in [0.3, 0.4) is 0 Å². The number of ether oxygens (including phenoxy) is 1. The van der Waals surface area contributed by atoms with Crippen LogP contribution in [-0.4, -0.2) is 31.0 Å². The highest BCUT2D eigenvalue weighted by atomic mass is 32.1. The minimum atomic E-state index is 0.512. The first-order valence-corrected chi connectivity index (χ1v) is 10.2. The molecule has 1 heterocycles. The van der Waals surface area contributed by atoms with Crippen LogP contribution in [0.15, 0.2) is 53.6 Å². The maximum atomic E-state index is 5.56. The molecule has 0 spiro atoms. The molecule has 0 radical (unpaired) electrons. The first kappa shape index (κ1) is 20.3. The number of likely N-dealkylation sites (tertiary alicyclic amines) is 1. The van der Waals surface area contributed by atoms with Crippen molar-refractivity contribution in [2.45, 2.75) is 32.9 Å². The summed E-state index contributed by atoms with van der Waals surface area (Å²) >= 11 is 5.33. The molecule has 0 aromatic heterocycles. The Labute approximate surface area is 172 Å². The molecule has 6 heteroatoms. The largest absolute Gasteiger partial charge is 0.496 e. The Morgan fingerprint density at radius 2 is 1.89 bits per heavy atom. The molecule has 28 heavy (non-hydrogen) atoms. The molecule has 2 aromatic rings. The van der Waals surface area contributed by atoms with Crippen molar-refractivity contribution in [3.63, 3.8) is 0 Å². The van der Waals surface area contributed by atoms with Gasteiger partial charge in [0, 0.05) is 24.9 Å². The molecule has 2 aromatic carbocycles. The van der Waals surface area contributed by atoms with Gasteiger partial charge in [0.15, 0.2) is 5.11 Å². The highest BCUT2D eigenvalue weighted by molar-refractivity contribution is 7.80. The number of rotatable bonds is 7. The van der Waals surface area contributed by atoms with Gasteiger partial charge >= 0.3 is 0 Å². The lowest BCUT2D eigenvalue weighted by Crippen LogP contribution is -3.08. The Bertz CT molecular complexity index is 817. The fourth-order valence-corrected chi connectivity index (χ4v) is 3.60. The van der Waals surface area contributed by atoms with Gasteiger partial charge < -0.3 is 15.0 Å². The Kier molecular flexibility index (Phi) is 7.39. The average Bonchev–Trinajstić information content (AvgIpc) is 3.24. The standard InChI is InChI=1S/C22H28N4OS/c1-17(24-25-22(28)23-15-18-8-4-3-5-9-18)19-10-11-21(27-2)20(14-19)16-26-12-6-7-13-26/h3-5,8-11,14H,6-7,12-13,15-16H2,1-2H3,(H2,23,25,28)/p+1/b24-17-. The maximum Gasteiger partial charge on any atom is 0.187 e. The molecule has 3 rings (SSSR count). The number of hydrazone groups is 1. The molecule has 0 bridgehead atoms. The smallest absolute Gasteiger partial charge is 0.187 e. The normalized spacial score (nSPS) is 14.7. The van der Waals surface area contributed by atoms with Gasteiger partial charge in [-0.15, -0.1) is 0 Å². The summed E-state index contributed by atoms with van der Waals surface area (Å²) in [5.74, 6) is 0.948. The summed E-state index contributed by atoms with van der Waals surface area (Å²) in [6, 6.07) is 16.4. The predicted molar refractivity (Wildman–Crippen MR) is 118 cm³/mol. The monoisotopic (exact) mass is 397 g/mol. The van der Waals surface area contributed by atoms with Gasteiger partial charge in [-0.05, 0) is 48.5 Å². The van der Waals surface area contributed by atoms with Crippen molar-refractivity contribution in [2.24, 2.45) is 5.10 Å². The second kappa shape index (κ2) is 10.2. The Morgan fingerprint density at radius 3 is 2.61 bits per heavy atom. The van der Waals surface area contributed by atoms with Crippen LogP contribution in [0.4, 0.5) is 0 Å². The van der Waals surface area contributed by atoms with E-state index in [1.807, 2.05) is 37.3 Å². The first-order valence-electron chi connectivity index (χ1n) is 9.78. The van der Waals surface area contributed by atoms with E-state index in [4.69, 9.17) is 17.0 Å². The van der Waals surface area contributed by atoms with Crippen LogP contribution >= 0.6 is 12.2 Å². The zero-order chi connectivity index (χ0) is 19.8. The van der Waals surface area contributed by atoms with Gasteiger partial charge in [-0.3, -0.25) is 5.43 Å². The zero-order valence-electron chi connectivity index (χ0n) is 16.6.